The van der Waals surface area contributed by atoms with Gasteiger partial charge in [0, 0.05) is 6.54 Å². The van der Waals surface area contributed by atoms with Gasteiger partial charge in [-0.25, -0.2) is 0 Å². The number of amides is 1. The molecule has 0 aromatic carbocycles. The van der Waals surface area contributed by atoms with E-state index in [0.717, 1.165) is 12.8 Å². The fourth-order valence-corrected chi connectivity index (χ4v) is 2.16. The molecule has 0 aliphatic carbocycles. The summed E-state index contributed by atoms with van der Waals surface area (Å²) in [5.41, 5.74) is 20.8. The van der Waals surface area contributed by atoms with Crippen molar-refractivity contribution in [1.29, 1.82) is 0 Å². The van der Waals surface area contributed by atoms with E-state index in [0.29, 0.717) is 44.0 Å². The first-order valence-corrected chi connectivity index (χ1v) is 10.5. The van der Waals surface area contributed by atoms with Crippen molar-refractivity contribution >= 4 is 41.9 Å². The molecule has 0 radical (unpaired) electrons. The summed E-state index contributed by atoms with van der Waals surface area (Å²) in [6, 6.07) is -0.591. The molecule has 1 heterocycles. The van der Waals surface area contributed by atoms with Crippen LogP contribution < -0.4 is 28.3 Å². The van der Waals surface area contributed by atoms with Crippen LogP contribution in [0.3, 0.4) is 0 Å². The number of H-pyrrole nitrogens is 1. The van der Waals surface area contributed by atoms with E-state index in [4.69, 9.17) is 28.0 Å². The maximum Gasteiger partial charge on any atom is 0.323 e. The van der Waals surface area contributed by atoms with Gasteiger partial charge in [-0.1, -0.05) is 17.3 Å². The molecule has 15 heteroatoms. The number of rotatable bonds is 13. The molecule has 14 nitrogen and oxygen atoms in total. The lowest BCUT2D eigenvalue weighted by Crippen LogP contribution is -2.44. The van der Waals surface area contributed by atoms with Crippen molar-refractivity contribution < 1.29 is 14.7 Å². The van der Waals surface area contributed by atoms with Crippen LogP contribution in [0.15, 0.2) is 22.1 Å². The zero-order chi connectivity index (χ0) is 25.3. The number of nitrogens with two attached hydrogens (primary N) is 4. The Kier molecular flexibility index (Phi) is 17.8. The fourth-order valence-electron chi connectivity index (χ4n) is 2.16. The SMILES string of the molecule is CC(N)=NC/C=C\CC[C@@](C)(N)C(=O)O.CC(N)=NCCCC[C@H](N)C(=O)Nc1nn[nH]n1.Cl. The molecule has 0 unspecified atom stereocenters. The highest BCUT2D eigenvalue weighted by molar-refractivity contribution is 5.93. The third-order valence-corrected chi connectivity index (χ3v) is 4.13. The number of carbonyl (C=O) groups excluding carboxylic acids is 1. The number of aromatic amines is 1. The number of hydrogen-bond donors (Lipinski definition) is 7. The average molecular weight is 504 g/mol. The zero-order valence-electron chi connectivity index (χ0n) is 19.9. The quantitative estimate of drug-likeness (QED) is 0.0815. The summed E-state index contributed by atoms with van der Waals surface area (Å²) < 4.78 is 0. The first-order chi connectivity index (χ1) is 15.5. The highest BCUT2D eigenvalue weighted by atomic mass is 35.5. The van der Waals surface area contributed by atoms with Gasteiger partial charge in [0.2, 0.25) is 5.91 Å². The Balaban J connectivity index is 0. The Bertz CT molecular complexity index is 787. The average Bonchev–Trinajstić information content (AvgIpc) is 3.23. The number of amidine groups is 2. The van der Waals surface area contributed by atoms with Gasteiger partial charge >= 0.3 is 5.97 Å². The minimum absolute atomic E-state index is 0. The highest BCUT2D eigenvalue weighted by Gasteiger charge is 2.26. The van der Waals surface area contributed by atoms with E-state index in [9.17, 15) is 9.59 Å². The molecule has 2 atom stereocenters. The molecule has 194 valence electrons. The number of tetrazole rings is 1. The van der Waals surface area contributed by atoms with Crippen LogP contribution in [0.1, 0.15) is 52.9 Å². The van der Waals surface area contributed by atoms with E-state index in [1.165, 1.54) is 6.92 Å². The van der Waals surface area contributed by atoms with Gasteiger partial charge in [0.15, 0.2) is 0 Å². The third-order valence-electron chi connectivity index (χ3n) is 4.13. The number of hydrogen-bond acceptors (Lipinski definition) is 9. The molecule has 0 spiro atoms. The van der Waals surface area contributed by atoms with Gasteiger partial charge in [0.05, 0.1) is 24.3 Å². The Hall–Kier alpha value is -3.10. The van der Waals surface area contributed by atoms with E-state index in [-0.39, 0.29) is 24.3 Å². The maximum absolute atomic E-state index is 11.6. The summed E-state index contributed by atoms with van der Waals surface area (Å²) in [5.74, 6) is -0.0802. The van der Waals surface area contributed by atoms with Crippen LogP contribution in [-0.2, 0) is 9.59 Å². The lowest BCUT2D eigenvalue weighted by molar-refractivity contribution is -0.142. The molecule has 1 amide bonds. The van der Waals surface area contributed by atoms with Gasteiger partial charge < -0.3 is 28.0 Å². The lowest BCUT2D eigenvalue weighted by Gasteiger charge is -2.17. The van der Waals surface area contributed by atoms with Crippen LogP contribution in [0.2, 0.25) is 0 Å². The molecule has 0 fully saturated rings. The summed E-state index contributed by atoms with van der Waals surface area (Å²) in [7, 11) is 0. The number of aliphatic imine (C=N–C) groups is 2. The number of halogens is 1. The van der Waals surface area contributed by atoms with Crippen LogP contribution >= 0.6 is 12.4 Å². The first-order valence-electron chi connectivity index (χ1n) is 10.5. The smallest absolute Gasteiger partial charge is 0.323 e. The second-order valence-electron chi connectivity index (χ2n) is 7.56. The number of carboxylic acid groups (broad SMARTS) is 1. The van der Waals surface area contributed by atoms with Crippen molar-refractivity contribution in [3.8, 4) is 0 Å². The minimum atomic E-state index is -1.16. The number of aliphatic carboxylic acids is 1. The second kappa shape index (κ2) is 18.3. The van der Waals surface area contributed by atoms with Gasteiger partial charge in [-0.05, 0) is 58.1 Å². The topological polar surface area (TPSA) is 250 Å². The number of aromatic nitrogens is 4. The molecule has 0 aliphatic rings. The molecule has 0 bridgehead atoms. The molecule has 1 aromatic heterocycles. The predicted octanol–water partition coefficient (Wildman–Crippen LogP) is -0.0634. The number of allylic oxidation sites excluding steroid dienone is 1. The van der Waals surface area contributed by atoms with Crippen molar-refractivity contribution in [1.82, 2.24) is 20.6 Å². The van der Waals surface area contributed by atoms with Crippen molar-refractivity contribution in [2.45, 2.75) is 64.5 Å². The standard InChI is InChI=1S/C10H19N3O2.C9H18N8O.ClH/c1-8(11)13-7-5-3-4-6-10(2,12)9(14)15;1-6(10)12-5-3-2-4-7(11)8(18)13-9-14-16-17-15-9;/h3,5H,4,6-7,12H2,1-2H3,(H2,11,13)(H,14,15);7H,2-5,11H2,1H3,(H2,10,12)(H2,13,14,15,16,17,18);1H/b5-3-;;/t10-;7-;/m10./s1. The lowest BCUT2D eigenvalue weighted by atomic mass is 9.97. The number of carbonyl (C=O) groups is 2. The van der Waals surface area contributed by atoms with Gasteiger partial charge in [0.25, 0.3) is 5.95 Å². The summed E-state index contributed by atoms with van der Waals surface area (Å²) in [6.45, 7) is 6.14. The predicted molar refractivity (Wildman–Crippen MR) is 135 cm³/mol. The molecule has 11 N–H and O–H groups in total. The Morgan fingerprint density at radius 1 is 1.21 bits per heavy atom. The maximum atomic E-state index is 11.6. The molecule has 0 saturated heterocycles. The molecule has 0 saturated carbocycles. The van der Waals surface area contributed by atoms with Gasteiger partial charge in [-0.15, -0.1) is 17.5 Å². The summed E-state index contributed by atoms with van der Waals surface area (Å²) in [4.78, 5) is 30.2. The summed E-state index contributed by atoms with van der Waals surface area (Å²) >= 11 is 0. The largest absolute Gasteiger partial charge is 0.480 e. The van der Waals surface area contributed by atoms with E-state index >= 15 is 0 Å². The molecule has 34 heavy (non-hydrogen) atoms. The van der Waals surface area contributed by atoms with Gasteiger partial charge in [-0.3, -0.25) is 24.9 Å². The number of nitrogens with one attached hydrogen (secondary N) is 2. The first kappa shape index (κ1) is 33.1. The summed E-state index contributed by atoms with van der Waals surface area (Å²) in [6.07, 6.45) is 6.95. The van der Waals surface area contributed by atoms with Crippen molar-refractivity contribution in [3.05, 3.63) is 12.2 Å². The normalized spacial score (nSPS) is 14.4. The second-order valence-corrected chi connectivity index (χ2v) is 7.56. The Morgan fingerprint density at radius 3 is 2.38 bits per heavy atom. The van der Waals surface area contributed by atoms with Crippen LogP contribution in [0.5, 0.6) is 0 Å². The summed E-state index contributed by atoms with van der Waals surface area (Å²) in [5, 5.41) is 23.9. The van der Waals surface area contributed by atoms with Crippen LogP contribution in [0, 0.1) is 0 Å². The van der Waals surface area contributed by atoms with Crippen LogP contribution in [0.4, 0.5) is 5.95 Å². The molecule has 1 rings (SSSR count). The van der Waals surface area contributed by atoms with Crippen molar-refractivity contribution in [3.63, 3.8) is 0 Å². The van der Waals surface area contributed by atoms with E-state index in [1.807, 2.05) is 12.2 Å². The van der Waals surface area contributed by atoms with Crippen LogP contribution in [0.25, 0.3) is 0 Å². The number of nitrogens with zero attached hydrogens (tertiary/aromatic N) is 5. The molecule has 1 aromatic rings. The third kappa shape index (κ3) is 17.5. The van der Waals surface area contributed by atoms with E-state index < -0.39 is 17.6 Å². The monoisotopic (exact) mass is 503 g/mol. The number of unbranched alkanes of at least 4 members (excludes halogenated alkanes) is 1. The van der Waals surface area contributed by atoms with Crippen LogP contribution in [-0.4, -0.2) is 73.9 Å². The van der Waals surface area contributed by atoms with Crippen molar-refractivity contribution in [2.75, 3.05) is 18.4 Å². The van der Waals surface area contributed by atoms with Crippen molar-refractivity contribution in [2.24, 2.45) is 32.9 Å². The van der Waals surface area contributed by atoms with E-state index in [2.05, 4.69) is 35.9 Å². The minimum Gasteiger partial charge on any atom is -0.480 e. The highest BCUT2D eigenvalue weighted by Crippen LogP contribution is 2.09. The van der Waals surface area contributed by atoms with E-state index in [1.54, 1.807) is 13.8 Å². The number of anilines is 1. The Labute approximate surface area is 205 Å². The number of carboxylic acids is 1. The molecular formula is C19H38ClN11O3. The zero-order valence-corrected chi connectivity index (χ0v) is 20.7. The fraction of sp³-hybridized carbons (Fsp3) is 0.632. The molecular weight excluding hydrogens is 466 g/mol. The Morgan fingerprint density at radius 2 is 1.85 bits per heavy atom. The molecule has 0 aliphatic heterocycles. The van der Waals surface area contributed by atoms with Gasteiger partial charge in [-0.2, -0.15) is 5.21 Å². The van der Waals surface area contributed by atoms with Gasteiger partial charge in [0.1, 0.15) is 5.54 Å².